The van der Waals surface area contributed by atoms with Crippen molar-refractivity contribution in [2.45, 2.75) is 18.9 Å². The van der Waals surface area contributed by atoms with Crippen LogP contribution in [0, 0.1) is 0 Å². The van der Waals surface area contributed by atoms with E-state index in [-0.39, 0.29) is 11.6 Å². The quantitative estimate of drug-likeness (QED) is 0.396. The molecule has 0 fully saturated rings. The van der Waals surface area contributed by atoms with E-state index in [0.29, 0.717) is 4.53 Å². The molecule has 1 aliphatic carbocycles. The van der Waals surface area contributed by atoms with Gasteiger partial charge in [0.1, 0.15) is 5.75 Å². The first kappa shape index (κ1) is 21.1. The number of H-pyrrole nitrogens is 1. The Bertz CT molecular complexity index is 1870. The van der Waals surface area contributed by atoms with Crippen molar-refractivity contribution >= 4 is 34.0 Å². The van der Waals surface area contributed by atoms with E-state index in [1.807, 2.05) is 53.2 Å². The lowest BCUT2D eigenvalue weighted by Gasteiger charge is -2.31. The lowest BCUT2D eigenvalue weighted by molar-refractivity contribution is 0.402. The van der Waals surface area contributed by atoms with Gasteiger partial charge in [0.05, 0.1) is 23.4 Å². The van der Waals surface area contributed by atoms with Crippen LogP contribution in [-0.4, -0.2) is 16.7 Å². The second-order valence-corrected chi connectivity index (χ2v) is 10.2. The number of allylic oxidation sites excluding steroid dienone is 1. The molecule has 0 saturated carbocycles. The minimum atomic E-state index is -0.258. The zero-order valence-electron chi connectivity index (χ0n) is 19.7. The van der Waals surface area contributed by atoms with Crippen molar-refractivity contribution in [1.82, 2.24) is 9.55 Å². The molecule has 3 aromatic carbocycles. The average Bonchev–Trinajstić information content (AvgIpc) is 3.48. The van der Waals surface area contributed by atoms with E-state index >= 15 is 0 Å². The van der Waals surface area contributed by atoms with Gasteiger partial charge in [0, 0.05) is 33.8 Å². The summed E-state index contributed by atoms with van der Waals surface area (Å²) in [6.07, 6.45) is 5.72. The summed E-state index contributed by atoms with van der Waals surface area (Å²) in [4.78, 5) is 23.1. The highest BCUT2D eigenvalue weighted by Crippen LogP contribution is 2.43. The van der Waals surface area contributed by atoms with E-state index in [2.05, 4.69) is 41.4 Å². The monoisotopic (exact) mass is 489 g/mol. The lowest BCUT2D eigenvalue weighted by Crippen LogP contribution is -2.38. The molecule has 6 heteroatoms. The Labute approximate surface area is 211 Å². The molecule has 0 amide bonds. The summed E-state index contributed by atoms with van der Waals surface area (Å²) in [5, 5.41) is 1.10. The number of nitrogens with zero attached hydrogens (tertiary/aromatic N) is 2. The van der Waals surface area contributed by atoms with Gasteiger partial charge >= 0.3 is 0 Å². The van der Waals surface area contributed by atoms with E-state index in [9.17, 15) is 4.79 Å². The summed E-state index contributed by atoms with van der Waals surface area (Å²) >= 11 is 1.45. The number of methoxy groups -OCH3 is 1. The number of aromatic amines is 1. The van der Waals surface area contributed by atoms with Gasteiger partial charge in [0.2, 0.25) is 0 Å². The fourth-order valence-electron chi connectivity index (χ4n) is 5.55. The van der Waals surface area contributed by atoms with Crippen LogP contribution in [-0.2, 0) is 6.42 Å². The van der Waals surface area contributed by atoms with Gasteiger partial charge in [-0.25, -0.2) is 4.99 Å². The highest BCUT2D eigenvalue weighted by Gasteiger charge is 2.33. The molecule has 7 rings (SSSR count). The number of aryl methyl sites for hydroxylation is 1. The topological polar surface area (TPSA) is 59.4 Å². The third-order valence-corrected chi connectivity index (χ3v) is 8.20. The first-order valence-electron chi connectivity index (χ1n) is 12.0. The smallest absolute Gasteiger partial charge is 0.271 e. The Kier molecular flexibility index (Phi) is 4.82. The van der Waals surface area contributed by atoms with Crippen LogP contribution in [0.5, 0.6) is 5.75 Å². The van der Waals surface area contributed by atoms with Crippen LogP contribution in [0.4, 0.5) is 0 Å². The number of aromatic nitrogens is 2. The van der Waals surface area contributed by atoms with Gasteiger partial charge in [0.15, 0.2) is 4.80 Å². The van der Waals surface area contributed by atoms with Gasteiger partial charge in [-0.3, -0.25) is 9.36 Å². The minimum absolute atomic E-state index is 0.0228. The Balaban J connectivity index is 1.52. The van der Waals surface area contributed by atoms with Crippen LogP contribution < -0.4 is 19.6 Å². The van der Waals surface area contributed by atoms with Crippen LogP contribution in [0.15, 0.2) is 94.4 Å². The summed E-state index contributed by atoms with van der Waals surface area (Å²) in [6.45, 7) is 0. The number of hydrogen-bond acceptors (Lipinski definition) is 4. The van der Waals surface area contributed by atoms with Gasteiger partial charge in [-0.05, 0) is 42.2 Å². The Morgan fingerprint density at radius 2 is 1.83 bits per heavy atom. The molecule has 1 N–H and O–H groups in total. The number of fused-ring (bicyclic) bond motifs is 4. The van der Waals surface area contributed by atoms with E-state index in [1.165, 1.54) is 22.5 Å². The predicted octanol–water partition coefficient (Wildman–Crippen LogP) is 4.81. The second-order valence-electron chi connectivity index (χ2n) is 9.15. The molecule has 2 aromatic heterocycles. The summed E-state index contributed by atoms with van der Waals surface area (Å²) in [7, 11) is 1.69. The van der Waals surface area contributed by atoms with Crippen molar-refractivity contribution in [3.63, 3.8) is 0 Å². The van der Waals surface area contributed by atoms with E-state index in [0.717, 1.165) is 56.7 Å². The van der Waals surface area contributed by atoms with E-state index < -0.39 is 0 Å². The van der Waals surface area contributed by atoms with Crippen molar-refractivity contribution in [3.8, 4) is 5.75 Å². The van der Waals surface area contributed by atoms with Crippen LogP contribution in [0.1, 0.15) is 34.7 Å². The molecule has 0 bridgehead atoms. The number of nitrogens with one attached hydrogen (secondary N) is 1. The first-order valence-corrected chi connectivity index (χ1v) is 12.9. The molecule has 0 spiro atoms. The van der Waals surface area contributed by atoms with Crippen LogP contribution in [0.2, 0.25) is 0 Å². The predicted molar refractivity (Wildman–Crippen MR) is 144 cm³/mol. The molecule has 0 unspecified atom stereocenters. The van der Waals surface area contributed by atoms with Crippen LogP contribution in [0.25, 0.3) is 22.7 Å². The standard InChI is InChI=1S/C30H23N3O2S/c1-35-25-13-7-5-11-22(25)28-23-15-14-18-8-2-3-10-21(18)27(23)32-30-33(28)29(34)26(36-30)16-19-17-31-24-12-6-4-9-20(19)24/h2-13,16-17,28,31H,14-15H2,1H3/b26-16-/t28-/m0/s1. The van der Waals surface area contributed by atoms with Crippen LogP contribution in [0.3, 0.4) is 0 Å². The van der Waals surface area contributed by atoms with Crippen molar-refractivity contribution in [2.75, 3.05) is 7.11 Å². The second kappa shape index (κ2) is 8.21. The van der Waals surface area contributed by atoms with E-state index in [1.54, 1.807) is 7.11 Å². The maximum Gasteiger partial charge on any atom is 0.271 e. The van der Waals surface area contributed by atoms with Crippen molar-refractivity contribution in [2.24, 2.45) is 4.99 Å². The Morgan fingerprint density at radius 3 is 2.75 bits per heavy atom. The lowest BCUT2D eigenvalue weighted by atomic mass is 9.83. The molecule has 3 heterocycles. The maximum atomic E-state index is 14.0. The third kappa shape index (κ3) is 3.14. The molecular weight excluding hydrogens is 466 g/mol. The van der Waals surface area contributed by atoms with Crippen molar-refractivity contribution in [1.29, 1.82) is 0 Å². The zero-order chi connectivity index (χ0) is 24.2. The summed E-state index contributed by atoms with van der Waals surface area (Å²) < 4.78 is 8.31. The SMILES string of the molecule is COc1ccccc1[C@H]1C2=C(N=c3s/c(=C\c4c[nH]c5ccccc45)c(=O)n31)c1ccccc1CC2. The molecule has 176 valence electrons. The highest BCUT2D eigenvalue weighted by molar-refractivity contribution is 7.07. The molecule has 5 aromatic rings. The number of para-hydroxylation sites is 2. The normalized spacial score (nSPS) is 16.9. The zero-order valence-corrected chi connectivity index (χ0v) is 20.5. The van der Waals surface area contributed by atoms with Gasteiger partial charge in [0.25, 0.3) is 5.56 Å². The molecule has 0 saturated heterocycles. The molecule has 0 radical (unpaired) electrons. The number of thiazole rings is 1. The Morgan fingerprint density at radius 1 is 1.03 bits per heavy atom. The van der Waals surface area contributed by atoms with Gasteiger partial charge < -0.3 is 9.72 Å². The first-order chi connectivity index (χ1) is 17.7. The van der Waals surface area contributed by atoms with Crippen molar-refractivity contribution in [3.05, 3.63) is 127 Å². The fraction of sp³-hybridized carbons (Fsp3) is 0.133. The van der Waals surface area contributed by atoms with Gasteiger partial charge in [-0.2, -0.15) is 0 Å². The number of benzene rings is 3. The molecule has 1 aliphatic heterocycles. The maximum absolute atomic E-state index is 14.0. The molecule has 1 atom stereocenters. The fourth-order valence-corrected chi connectivity index (χ4v) is 6.54. The van der Waals surface area contributed by atoms with Gasteiger partial charge in [-0.15, -0.1) is 0 Å². The third-order valence-electron chi connectivity index (χ3n) is 7.21. The molecule has 36 heavy (non-hydrogen) atoms. The Hall–Kier alpha value is -4.16. The summed E-state index contributed by atoms with van der Waals surface area (Å²) in [5.41, 5.74) is 7.64. The number of rotatable bonds is 3. The summed E-state index contributed by atoms with van der Waals surface area (Å²) in [6, 6.07) is 24.4. The highest BCUT2D eigenvalue weighted by atomic mass is 32.1. The van der Waals surface area contributed by atoms with Gasteiger partial charge in [-0.1, -0.05) is 72.0 Å². The molecular formula is C30H23N3O2S. The average molecular weight is 490 g/mol. The van der Waals surface area contributed by atoms with Crippen molar-refractivity contribution < 1.29 is 4.74 Å². The minimum Gasteiger partial charge on any atom is -0.496 e. The number of ether oxygens (including phenoxy) is 1. The van der Waals surface area contributed by atoms with Crippen LogP contribution >= 0.6 is 11.3 Å². The van der Waals surface area contributed by atoms with E-state index in [4.69, 9.17) is 9.73 Å². The number of hydrogen-bond donors (Lipinski definition) is 1. The molecule has 5 nitrogen and oxygen atoms in total. The summed E-state index contributed by atoms with van der Waals surface area (Å²) in [5.74, 6) is 0.779. The molecule has 2 aliphatic rings. The largest absolute Gasteiger partial charge is 0.496 e.